The average molecular weight is 498 g/mol. The van der Waals surface area contributed by atoms with Gasteiger partial charge in [-0.2, -0.15) is 23.3 Å². The first-order valence-corrected chi connectivity index (χ1v) is 11.2. The summed E-state index contributed by atoms with van der Waals surface area (Å²) in [6.07, 6.45) is -5.19. The maximum Gasteiger partial charge on any atom is 0.433 e. The Morgan fingerprint density at radius 1 is 1.11 bits per heavy atom. The highest BCUT2D eigenvalue weighted by atomic mass is 19.4. The molecule has 0 atom stereocenters. The molecule has 2 aliphatic rings. The van der Waals surface area contributed by atoms with Gasteiger partial charge in [-0.15, -0.1) is 0 Å². The van der Waals surface area contributed by atoms with Gasteiger partial charge in [0, 0.05) is 44.2 Å². The van der Waals surface area contributed by atoms with Gasteiger partial charge in [0.25, 0.3) is 12.0 Å². The van der Waals surface area contributed by atoms with Crippen LogP contribution in [0.5, 0.6) is 0 Å². The normalized spacial score (nSPS) is 17.7. The van der Waals surface area contributed by atoms with Crippen LogP contribution in [-0.4, -0.2) is 61.9 Å². The van der Waals surface area contributed by atoms with Crippen LogP contribution in [-0.2, 0) is 19.3 Å². The minimum atomic E-state index is -4.56. The Kier molecular flexibility index (Phi) is 5.44. The Morgan fingerprint density at radius 2 is 1.83 bits per heavy atom. The van der Waals surface area contributed by atoms with E-state index < -0.39 is 24.8 Å². The van der Waals surface area contributed by atoms with Gasteiger partial charge < -0.3 is 9.80 Å². The van der Waals surface area contributed by atoms with Gasteiger partial charge in [-0.25, -0.2) is 23.4 Å². The van der Waals surface area contributed by atoms with Gasteiger partial charge >= 0.3 is 6.18 Å². The van der Waals surface area contributed by atoms with E-state index in [9.17, 15) is 26.7 Å². The van der Waals surface area contributed by atoms with Crippen molar-refractivity contribution in [1.82, 2.24) is 29.3 Å². The Morgan fingerprint density at radius 3 is 2.49 bits per heavy atom. The molecule has 3 aromatic rings. The molecule has 14 heteroatoms. The third kappa shape index (κ3) is 4.08. The maximum atomic E-state index is 13.2. The number of alkyl halides is 5. The van der Waals surface area contributed by atoms with Crippen LogP contribution in [0.25, 0.3) is 11.0 Å². The van der Waals surface area contributed by atoms with Crippen molar-refractivity contribution >= 4 is 22.8 Å². The number of fused-ring (bicyclic) bond motifs is 1. The van der Waals surface area contributed by atoms with E-state index in [4.69, 9.17) is 0 Å². The summed E-state index contributed by atoms with van der Waals surface area (Å²) in [5, 5.41) is 4.09. The minimum Gasteiger partial charge on any atom is -0.355 e. The van der Waals surface area contributed by atoms with Gasteiger partial charge in [0.05, 0.1) is 6.20 Å². The maximum absolute atomic E-state index is 13.2. The molecule has 0 aliphatic carbocycles. The lowest BCUT2D eigenvalue weighted by Gasteiger charge is -2.48. The zero-order chi connectivity index (χ0) is 25.1. The Hall–Kier alpha value is -3.32. The zero-order valence-electron chi connectivity index (χ0n) is 19.1. The van der Waals surface area contributed by atoms with Crippen LogP contribution in [0, 0.1) is 12.3 Å². The summed E-state index contributed by atoms with van der Waals surface area (Å²) >= 11 is 0. The molecule has 2 fully saturated rings. The number of aromatic nitrogens is 6. The van der Waals surface area contributed by atoms with Gasteiger partial charge in [-0.3, -0.25) is 9.36 Å². The van der Waals surface area contributed by atoms with Crippen molar-refractivity contribution < 1.29 is 22.0 Å². The van der Waals surface area contributed by atoms with Gasteiger partial charge in [0.1, 0.15) is 29.3 Å². The van der Waals surface area contributed by atoms with E-state index in [0.717, 1.165) is 17.2 Å². The predicted molar refractivity (Wildman–Crippen MR) is 117 cm³/mol. The summed E-state index contributed by atoms with van der Waals surface area (Å²) in [6, 6.07) is 0.959. The summed E-state index contributed by atoms with van der Waals surface area (Å²) in [6.45, 7) is 5.00. The molecule has 3 aromatic heterocycles. The molecule has 9 nitrogen and oxygen atoms in total. The van der Waals surface area contributed by atoms with E-state index in [1.165, 1.54) is 17.7 Å². The van der Waals surface area contributed by atoms with Crippen LogP contribution >= 0.6 is 0 Å². The van der Waals surface area contributed by atoms with Crippen molar-refractivity contribution in [2.75, 3.05) is 36.0 Å². The first kappa shape index (κ1) is 23.4. The van der Waals surface area contributed by atoms with E-state index >= 15 is 0 Å². The molecule has 5 rings (SSSR count). The quantitative estimate of drug-likeness (QED) is 0.500. The standard InChI is InChI=1S/C21H23F5N8O/c1-3-33-18(35)13-7-27-34(8-15(22)23)17(13)30-19(33)31-5-4-20(9-31)10-32(11-20)16-6-14(21(24,25)26)28-12(2)29-16/h6-7,15H,3-5,8-11H2,1-2H3. The second-order valence-electron chi connectivity index (χ2n) is 9.10. The van der Waals surface area contributed by atoms with Crippen LogP contribution in [0.3, 0.4) is 0 Å². The van der Waals surface area contributed by atoms with Crippen LogP contribution in [0.1, 0.15) is 24.9 Å². The van der Waals surface area contributed by atoms with E-state index in [2.05, 4.69) is 20.1 Å². The SMILES string of the molecule is CCn1c(N2CCC3(CN(c4cc(C(F)(F)F)nc(C)n4)C3)C2)nc2c(cnn2CC(F)F)c1=O. The number of hydrogen-bond acceptors (Lipinski definition) is 7. The molecule has 0 bridgehead atoms. The van der Waals surface area contributed by atoms with Crippen molar-refractivity contribution in [2.45, 2.75) is 46.0 Å². The Bertz CT molecular complexity index is 1330. The van der Waals surface area contributed by atoms with Crippen LogP contribution < -0.4 is 15.4 Å². The molecule has 0 amide bonds. The molecule has 0 radical (unpaired) electrons. The summed E-state index contributed by atoms with van der Waals surface area (Å²) in [7, 11) is 0. The molecule has 188 valence electrons. The fraction of sp³-hybridized carbons (Fsp3) is 0.571. The van der Waals surface area contributed by atoms with Gasteiger partial charge in [-0.1, -0.05) is 0 Å². The first-order chi connectivity index (χ1) is 16.5. The van der Waals surface area contributed by atoms with E-state index in [0.29, 0.717) is 38.7 Å². The fourth-order valence-corrected chi connectivity index (χ4v) is 4.98. The highest BCUT2D eigenvalue weighted by Gasteiger charge is 2.49. The monoisotopic (exact) mass is 498 g/mol. The molecule has 0 unspecified atom stereocenters. The zero-order valence-corrected chi connectivity index (χ0v) is 19.1. The molecule has 0 aromatic carbocycles. The molecule has 5 heterocycles. The Balaban J connectivity index is 1.39. The van der Waals surface area contributed by atoms with Gasteiger partial charge in [0.15, 0.2) is 5.65 Å². The number of nitrogens with zero attached hydrogens (tertiary/aromatic N) is 8. The molecule has 1 spiro atoms. The van der Waals surface area contributed by atoms with Crippen LogP contribution in [0.2, 0.25) is 0 Å². The molecule has 35 heavy (non-hydrogen) atoms. The highest BCUT2D eigenvalue weighted by Crippen LogP contribution is 2.43. The van der Waals surface area contributed by atoms with E-state index in [1.807, 2.05) is 4.90 Å². The van der Waals surface area contributed by atoms with E-state index in [-0.39, 0.29) is 33.6 Å². The van der Waals surface area contributed by atoms with Crippen molar-refractivity contribution in [3.63, 3.8) is 0 Å². The molecule has 2 saturated heterocycles. The van der Waals surface area contributed by atoms with Crippen molar-refractivity contribution in [1.29, 1.82) is 0 Å². The number of hydrogen-bond donors (Lipinski definition) is 0. The second-order valence-corrected chi connectivity index (χ2v) is 9.10. The number of anilines is 2. The molecular weight excluding hydrogens is 475 g/mol. The Labute approximate surface area is 196 Å². The molecule has 0 saturated carbocycles. The van der Waals surface area contributed by atoms with Crippen molar-refractivity contribution in [2.24, 2.45) is 5.41 Å². The topological polar surface area (TPSA) is 85.0 Å². The summed E-state index contributed by atoms with van der Waals surface area (Å²) in [5.74, 6) is 0.664. The second kappa shape index (κ2) is 8.12. The fourth-order valence-electron chi connectivity index (χ4n) is 4.98. The molecular formula is C21H23F5N8O. The predicted octanol–water partition coefficient (Wildman–Crippen LogP) is 2.71. The molecule has 2 aliphatic heterocycles. The van der Waals surface area contributed by atoms with Crippen molar-refractivity contribution in [3.05, 3.63) is 34.1 Å². The first-order valence-electron chi connectivity index (χ1n) is 11.2. The number of halogens is 5. The third-order valence-electron chi connectivity index (χ3n) is 6.57. The van der Waals surface area contributed by atoms with Crippen LogP contribution in [0.15, 0.2) is 17.1 Å². The summed E-state index contributed by atoms with van der Waals surface area (Å²) in [4.78, 5) is 28.9. The smallest absolute Gasteiger partial charge is 0.355 e. The van der Waals surface area contributed by atoms with Gasteiger partial charge in [0.2, 0.25) is 5.95 Å². The van der Waals surface area contributed by atoms with Crippen molar-refractivity contribution in [3.8, 4) is 0 Å². The number of rotatable bonds is 5. The summed E-state index contributed by atoms with van der Waals surface area (Å²) < 4.78 is 67.9. The highest BCUT2D eigenvalue weighted by molar-refractivity contribution is 5.75. The lowest BCUT2D eigenvalue weighted by atomic mass is 9.79. The lowest BCUT2D eigenvalue weighted by molar-refractivity contribution is -0.141. The number of aryl methyl sites for hydroxylation is 1. The largest absolute Gasteiger partial charge is 0.433 e. The third-order valence-corrected chi connectivity index (χ3v) is 6.57. The van der Waals surface area contributed by atoms with E-state index in [1.54, 1.807) is 11.8 Å². The summed E-state index contributed by atoms with van der Waals surface area (Å²) in [5.41, 5.74) is -1.41. The molecule has 0 N–H and O–H groups in total. The lowest BCUT2D eigenvalue weighted by Crippen LogP contribution is -2.58. The minimum absolute atomic E-state index is 0.0497. The van der Waals surface area contributed by atoms with Gasteiger partial charge in [-0.05, 0) is 20.3 Å². The average Bonchev–Trinajstić information content (AvgIpc) is 3.36. The van der Waals surface area contributed by atoms with Crippen LogP contribution in [0.4, 0.5) is 33.7 Å².